The molecule has 1 amide bonds. The Kier molecular flexibility index (Phi) is 6.18. The van der Waals surface area contributed by atoms with Crippen molar-refractivity contribution in [3.63, 3.8) is 0 Å². The lowest BCUT2D eigenvalue weighted by molar-refractivity contribution is -0.122. The number of nitrogen functional groups attached to an aromatic ring is 1. The van der Waals surface area contributed by atoms with Gasteiger partial charge in [-0.1, -0.05) is 18.2 Å². The van der Waals surface area contributed by atoms with Gasteiger partial charge in [0.05, 0.1) is 19.3 Å². The fraction of sp³-hybridized carbons (Fsp3) is 0.462. The summed E-state index contributed by atoms with van der Waals surface area (Å²) in [5.41, 5.74) is 7.44. The Hall–Kier alpha value is -1.59. The second kappa shape index (κ2) is 7.68. The van der Waals surface area contributed by atoms with Gasteiger partial charge < -0.3 is 20.9 Å². The number of aryl methyl sites for hydroxylation is 1. The maximum absolute atomic E-state index is 11.7. The minimum Gasteiger partial charge on any atom is -0.399 e. The second-order valence-electron chi connectivity index (χ2n) is 4.10. The summed E-state index contributed by atoms with van der Waals surface area (Å²) in [6.07, 6.45) is 0.929. The standard InChI is InChI=1S/C13H20N2O3/c1-18-9-11(8-16)15-13(17)7-6-10-4-2-3-5-12(10)14/h2-5,11,16H,6-9,14H2,1H3,(H,15,17). The second-order valence-corrected chi connectivity index (χ2v) is 4.10. The van der Waals surface area contributed by atoms with E-state index < -0.39 is 0 Å². The molecule has 1 atom stereocenters. The third kappa shape index (κ3) is 4.73. The molecule has 5 nitrogen and oxygen atoms in total. The van der Waals surface area contributed by atoms with Gasteiger partial charge in [0.2, 0.25) is 5.91 Å². The molecule has 0 aromatic heterocycles. The number of aliphatic hydroxyl groups is 1. The lowest BCUT2D eigenvalue weighted by atomic mass is 10.1. The van der Waals surface area contributed by atoms with Crippen molar-refractivity contribution < 1.29 is 14.6 Å². The van der Waals surface area contributed by atoms with Crippen molar-refractivity contribution in [2.24, 2.45) is 0 Å². The van der Waals surface area contributed by atoms with Gasteiger partial charge in [0.15, 0.2) is 0 Å². The van der Waals surface area contributed by atoms with E-state index in [0.717, 1.165) is 5.56 Å². The van der Waals surface area contributed by atoms with Gasteiger partial charge in [-0.3, -0.25) is 4.79 Å². The molecule has 1 unspecified atom stereocenters. The third-order valence-electron chi connectivity index (χ3n) is 2.63. The fourth-order valence-electron chi connectivity index (χ4n) is 1.65. The van der Waals surface area contributed by atoms with Crippen molar-refractivity contribution in [2.75, 3.05) is 26.1 Å². The average Bonchev–Trinajstić information content (AvgIpc) is 2.37. The number of benzene rings is 1. The first-order chi connectivity index (χ1) is 8.67. The van der Waals surface area contributed by atoms with Gasteiger partial charge in [-0.25, -0.2) is 0 Å². The Labute approximate surface area is 107 Å². The number of amides is 1. The molecule has 0 aliphatic rings. The van der Waals surface area contributed by atoms with Crippen LogP contribution in [0.2, 0.25) is 0 Å². The van der Waals surface area contributed by atoms with Crippen LogP contribution < -0.4 is 11.1 Å². The van der Waals surface area contributed by atoms with Crippen LogP contribution in [0.5, 0.6) is 0 Å². The summed E-state index contributed by atoms with van der Waals surface area (Å²) in [4.78, 5) is 11.7. The molecule has 1 aromatic carbocycles. The van der Waals surface area contributed by atoms with Crippen LogP contribution >= 0.6 is 0 Å². The Morgan fingerprint density at radius 2 is 2.22 bits per heavy atom. The van der Waals surface area contributed by atoms with E-state index in [4.69, 9.17) is 15.6 Å². The number of hydrogen-bond acceptors (Lipinski definition) is 4. The predicted octanol–water partition coefficient (Wildman–Crippen LogP) is 0.325. The molecule has 0 fully saturated rings. The maximum atomic E-state index is 11.7. The number of carbonyl (C=O) groups excluding carboxylic acids is 1. The highest BCUT2D eigenvalue weighted by molar-refractivity contribution is 5.76. The maximum Gasteiger partial charge on any atom is 0.220 e. The van der Waals surface area contributed by atoms with Crippen LogP contribution in [0.1, 0.15) is 12.0 Å². The summed E-state index contributed by atoms with van der Waals surface area (Å²) in [6, 6.07) is 7.12. The summed E-state index contributed by atoms with van der Waals surface area (Å²) >= 11 is 0. The first kappa shape index (κ1) is 14.5. The zero-order valence-corrected chi connectivity index (χ0v) is 10.6. The summed E-state index contributed by atoms with van der Waals surface area (Å²) in [5.74, 6) is -0.116. The topological polar surface area (TPSA) is 84.6 Å². The largest absolute Gasteiger partial charge is 0.399 e. The van der Waals surface area contributed by atoms with Crippen molar-refractivity contribution >= 4 is 11.6 Å². The van der Waals surface area contributed by atoms with Crippen LogP contribution in [0.3, 0.4) is 0 Å². The van der Waals surface area contributed by atoms with E-state index in [2.05, 4.69) is 5.32 Å². The monoisotopic (exact) mass is 252 g/mol. The smallest absolute Gasteiger partial charge is 0.220 e. The summed E-state index contributed by atoms with van der Waals surface area (Å²) in [7, 11) is 1.53. The molecule has 4 N–H and O–H groups in total. The molecule has 0 aliphatic heterocycles. The van der Waals surface area contributed by atoms with Crippen molar-refractivity contribution in [2.45, 2.75) is 18.9 Å². The highest BCUT2D eigenvalue weighted by Crippen LogP contribution is 2.12. The lowest BCUT2D eigenvalue weighted by Gasteiger charge is -2.15. The number of ether oxygens (including phenoxy) is 1. The van der Waals surface area contributed by atoms with Crippen molar-refractivity contribution in [1.82, 2.24) is 5.32 Å². The molecular weight excluding hydrogens is 232 g/mol. The molecule has 0 heterocycles. The minimum atomic E-state index is -0.351. The molecule has 100 valence electrons. The van der Waals surface area contributed by atoms with E-state index in [-0.39, 0.29) is 18.6 Å². The highest BCUT2D eigenvalue weighted by Gasteiger charge is 2.11. The van der Waals surface area contributed by atoms with Gasteiger partial charge >= 0.3 is 0 Å². The lowest BCUT2D eigenvalue weighted by Crippen LogP contribution is -2.40. The SMILES string of the molecule is COCC(CO)NC(=O)CCc1ccccc1N. The van der Waals surface area contributed by atoms with Gasteiger partial charge in [-0.05, 0) is 18.1 Å². The Morgan fingerprint density at radius 1 is 1.50 bits per heavy atom. The van der Waals surface area contributed by atoms with E-state index >= 15 is 0 Å². The van der Waals surface area contributed by atoms with Gasteiger partial charge in [-0.2, -0.15) is 0 Å². The molecule has 18 heavy (non-hydrogen) atoms. The molecule has 5 heteroatoms. The number of hydrogen-bond donors (Lipinski definition) is 3. The van der Waals surface area contributed by atoms with Crippen molar-refractivity contribution in [3.05, 3.63) is 29.8 Å². The van der Waals surface area contributed by atoms with Gasteiger partial charge in [0.25, 0.3) is 0 Å². The number of carbonyl (C=O) groups is 1. The number of para-hydroxylation sites is 1. The molecule has 0 aliphatic carbocycles. The molecule has 1 aromatic rings. The Balaban J connectivity index is 2.39. The summed E-state index contributed by atoms with van der Waals surface area (Å²) in [5, 5.41) is 11.7. The van der Waals surface area contributed by atoms with E-state index in [1.807, 2.05) is 24.3 Å². The highest BCUT2D eigenvalue weighted by atomic mass is 16.5. The molecular formula is C13H20N2O3. The van der Waals surface area contributed by atoms with Gasteiger partial charge in [-0.15, -0.1) is 0 Å². The molecule has 0 bridgehead atoms. The van der Waals surface area contributed by atoms with Crippen LogP contribution in [-0.4, -0.2) is 37.4 Å². The van der Waals surface area contributed by atoms with Gasteiger partial charge in [0, 0.05) is 19.2 Å². The molecule has 0 saturated heterocycles. The van der Waals surface area contributed by atoms with Gasteiger partial charge in [0.1, 0.15) is 0 Å². The number of aliphatic hydroxyl groups excluding tert-OH is 1. The number of nitrogens with one attached hydrogen (secondary N) is 1. The fourth-order valence-corrected chi connectivity index (χ4v) is 1.65. The molecule has 0 radical (unpaired) electrons. The van der Waals surface area contributed by atoms with E-state index in [1.165, 1.54) is 7.11 Å². The number of methoxy groups -OCH3 is 1. The van der Waals surface area contributed by atoms with Crippen LogP contribution in [0.15, 0.2) is 24.3 Å². The number of anilines is 1. The first-order valence-corrected chi connectivity index (χ1v) is 5.90. The molecule has 0 spiro atoms. The number of nitrogens with two attached hydrogens (primary N) is 1. The van der Waals surface area contributed by atoms with E-state index in [0.29, 0.717) is 25.1 Å². The van der Waals surface area contributed by atoms with Crippen LogP contribution in [0.25, 0.3) is 0 Å². The van der Waals surface area contributed by atoms with Crippen molar-refractivity contribution in [1.29, 1.82) is 0 Å². The minimum absolute atomic E-state index is 0.116. The van der Waals surface area contributed by atoms with Crippen LogP contribution in [0.4, 0.5) is 5.69 Å². The predicted molar refractivity (Wildman–Crippen MR) is 70.1 cm³/mol. The average molecular weight is 252 g/mol. The zero-order chi connectivity index (χ0) is 13.4. The molecule has 1 rings (SSSR count). The Morgan fingerprint density at radius 3 is 2.83 bits per heavy atom. The quantitative estimate of drug-likeness (QED) is 0.610. The summed E-state index contributed by atoms with van der Waals surface area (Å²) < 4.78 is 4.88. The first-order valence-electron chi connectivity index (χ1n) is 5.90. The Bertz CT molecular complexity index is 382. The summed E-state index contributed by atoms with van der Waals surface area (Å²) in [6.45, 7) is 0.169. The van der Waals surface area contributed by atoms with Crippen LogP contribution in [-0.2, 0) is 16.0 Å². The van der Waals surface area contributed by atoms with E-state index in [1.54, 1.807) is 0 Å². The third-order valence-corrected chi connectivity index (χ3v) is 2.63. The van der Waals surface area contributed by atoms with Crippen molar-refractivity contribution in [3.8, 4) is 0 Å². The zero-order valence-electron chi connectivity index (χ0n) is 10.6. The number of rotatable bonds is 7. The normalized spacial score (nSPS) is 12.1. The van der Waals surface area contributed by atoms with E-state index in [9.17, 15) is 4.79 Å². The molecule has 0 saturated carbocycles. The van der Waals surface area contributed by atoms with Crippen LogP contribution in [0, 0.1) is 0 Å².